The van der Waals surface area contributed by atoms with Crippen molar-refractivity contribution in [1.82, 2.24) is 0 Å². The van der Waals surface area contributed by atoms with Gasteiger partial charge >= 0.3 is 5.97 Å². The molecular formula is C23H22N2O6S2. The molecule has 0 saturated heterocycles. The molecule has 0 fully saturated rings. The molecule has 0 bridgehead atoms. The van der Waals surface area contributed by atoms with Gasteiger partial charge in [0.2, 0.25) is 10.0 Å². The molecule has 1 aliphatic carbocycles. The van der Waals surface area contributed by atoms with Gasteiger partial charge in [0.05, 0.1) is 12.0 Å². The third-order valence-corrected chi connectivity index (χ3v) is 7.45. The van der Waals surface area contributed by atoms with Crippen LogP contribution in [0, 0.1) is 0 Å². The van der Waals surface area contributed by atoms with Crippen LogP contribution in [-0.2, 0) is 32.4 Å². The fraction of sp³-hybridized carbons (Fsp3) is 0.217. The van der Waals surface area contributed by atoms with E-state index >= 15 is 0 Å². The third kappa shape index (κ3) is 4.92. The lowest BCUT2D eigenvalue weighted by Crippen LogP contribution is -2.29. The smallest absolute Gasteiger partial charge is 0.349 e. The summed E-state index contributed by atoms with van der Waals surface area (Å²) in [7, 11) is -2.19. The first-order valence-electron chi connectivity index (χ1n) is 10.1. The van der Waals surface area contributed by atoms with Crippen molar-refractivity contribution >= 4 is 38.9 Å². The highest BCUT2D eigenvalue weighted by atomic mass is 32.2. The van der Waals surface area contributed by atoms with Gasteiger partial charge in [0, 0.05) is 10.6 Å². The highest BCUT2D eigenvalue weighted by Gasteiger charge is 2.25. The SMILES string of the molecule is COc1ccc2c(c1)CCc1cc(C(=O)OC(C)C(=O)Nc3ccc(S(N)(=O)=O)cc3)sc1-2. The Labute approximate surface area is 195 Å². The maximum absolute atomic E-state index is 12.7. The molecule has 0 aliphatic heterocycles. The minimum atomic E-state index is -3.82. The van der Waals surface area contributed by atoms with Crippen molar-refractivity contribution in [3.8, 4) is 16.2 Å². The van der Waals surface area contributed by atoms with Crippen LogP contribution in [0.15, 0.2) is 53.4 Å². The number of methoxy groups -OCH3 is 1. The zero-order valence-corrected chi connectivity index (χ0v) is 19.6. The number of thiophene rings is 1. The minimum absolute atomic E-state index is 0.0679. The van der Waals surface area contributed by atoms with Crippen molar-refractivity contribution in [3.05, 3.63) is 64.5 Å². The number of primary sulfonamides is 1. The van der Waals surface area contributed by atoms with Gasteiger partial charge in [-0.25, -0.2) is 18.4 Å². The van der Waals surface area contributed by atoms with E-state index in [9.17, 15) is 18.0 Å². The second-order valence-electron chi connectivity index (χ2n) is 7.59. The number of benzene rings is 2. The Kier molecular flexibility index (Phi) is 6.24. The molecule has 0 radical (unpaired) electrons. The van der Waals surface area contributed by atoms with Crippen molar-refractivity contribution < 1.29 is 27.5 Å². The van der Waals surface area contributed by atoms with E-state index in [0.717, 1.165) is 34.6 Å². The van der Waals surface area contributed by atoms with Crippen LogP contribution in [0.1, 0.15) is 27.7 Å². The molecule has 3 aromatic rings. The number of anilines is 1. The van der Waals surface area contributed by atoms with Crippen LogP contribution in [0.2, 0.25) is 0 Å². The van der Waals surface area contributed by atoms with E-state index in [-0.39, 0.29) is 4.90 Å². The Bertz CT molecular complexity index is 1330. The number of rotatable bonds is 6. The first-order chi connectivity index (χ1) is 15.7. The van der Waals surface area contributed by atoms with E-state index in [2.05, 4.69) is 5.32 Å². The molecule has 1 amide bonds. The molecule has 1 atom stereocenters. The number of nitrogens with one attached hydrogen (secondary N) is 1. The Balaban J connectivity index is 1.43. The zero-order valence-electron chi connectivity index (χ0n) is 18.0. The average Bonchev–Trinajstić information content (AvgIpc) is 3.23. The molecule has 1 unspecified atom stereocenters. The number of fused-ring (bicyclic) bond motifs is 3. The number of carbonyl (C=O) groups excluding carboxylic acids is 2. The van der Waals surface area contributed by atoms with Crippen molar-refractivity contribution in [2.75, 3.05) is 12.4 Å². The number of aryl methyl sites for hydroxylation is 2. The fourth-order valence-electron chi connectivity index (χ4n) is 3.58. The van der Waals surface area contributed by atoms with Crippen molar-refractivity contribution in [3.63, 3.8) is 0 Å². The molecule has 0 spiro atoms. The molecule has 2 aromatic carbocycles. The number of nitrogens with two attached hydrogens (primary N) is 1. The number of amides is 1. The molecular weight excluding hydrogens is 464 g/mol. The first kappa shape index (κ1) is 23.0. The van der Waals surface area contributed by atoms with Gasteiger partial charge in [-0.05, 0) is 85.0 Å². The van der Waals surface area contributed by atoms with Gasteiger partial charge in [-0.2, -0.15) is 0 Å². The number of sulfonamides is 1. The van der Waals surface area contributed by atoms with Gasteiger partial charge in [0.1, 0.15) is 10.6 Å². The quantitative estimate of drug-likeness (QED) is 0.515. The number of ether oxygens (including phenoxy) is 2. The van der Waals surface area contributed by atoms with Crippen LogP contribution >= 0.6 is 11.3 Å². The normalized spacial score (nSPS) is 13.4. The number of carbonyl (C=O) groups is 2. The van der Waals surface area contributed by atoms with Gasteiger partial charge < -0.3 is 14.8 Å². The second kappa shape index (κ2) is 8.97. The van der Waals surface area contributed by atoms with Crippen molar-refractivity contribution in [1.29, 1.82) is 0 Å². The largest absolute Gasteiger partial charge is 0.497 e. The molecule has 172 valence electrons. The van der Waals surface area contributed by atoms with Gasteiger partial charge in [0.25, 0.3) is 5.91 Å². The molecule has 1 aliphatic rings. The Hall–Kier alpha value is -3.21. The lowest BCUT2D eigenvalue weighted by atomic mass is 9.91. The van der Waals surface area contributed by atoms with Crippen LogP contribution in [0.4, 0.5) is 5.69 Å². The van der Waals surface area contributed by atoms with Crippen LogP contribution in [-0.4, -0.2) is 33.5 Å². The standard InChI is InChI=1S/C23H22N2O6S2/c1-13(22(26)25-16-5-8-18(9-6-16)33(24,28)29)31-23(27)20-12-15-4-3-14-11-17(30-2)7-10-19(14)21(15)32-20/h5-13H,3-4H2,1-2H3,(H,25,26)(H2,24,28,29). The average molecular weight is 487 g/mol. The van der Waals surface area contributed by atoms with Gasteiger partial charge in [-0.3, -0.25) is 4.79 Å². The summed E-state index contributed by atoms with van der Waals surface area (Å²) in [6, 6.07) is 13.1. The Morgan fingerprint density at radius 3 is 2.42 bits per heavy atom. The summed E-state index contributed by atoms with van der Waals surface area (Å²) in [5.41, 5.74) is 3.69. The predicted octanol–water partition coefficient (Wildman–Crippen LogP) is 3.35. The molecule has 8 nitrogen and oxygen atoms in total. The summed E-state index contributed by atoms with van der Waals surface area (Å²) in [5, 5.41) is 7.65. The summed E-state index contributed by atoms with van der Waals surface area (Å²) >= 11 is 1.35. The minimum Gasteiger partial charge on any atom is -0.497 e. The highest BCUT2D eigenvalue weighted by molar-refractivity contribution is 7.89. The topological polar surface area (TPSA) is 125 Å². The number of hydrogen-bond acceptors (Lipinski definition) is 7. The monoisotopic (exact) mass is 486 g/mol. The Morgan fingerprint density at radius 2 is 1.76 bits per heavy atom. The molecule has 3 N–H and O–H groups in total. The van der Waals surface area contributed by atoms with Crippen LogP contribution in [0.3, 0.4) is 0 Å². The maximum Gasteiger partial charge on any atom is 0.349 e. The van der Waals surface area contributed by atoms with E-state index in [1.807, 2.05) is 24.3 Å². The summed E-state index contributed by atoms with van der Waals surface area (Å²) < 4.78 is 33.3. The molecule has 10 heteroatoms. The maximum atomic E-state index is 12.7. The van der Waals surface area contributed by atoms with Crippen LogP contribution in [0.25, 0.3) is 10.4 Å². The van der Waals surface area contributed by atoms with E-state index in [1.54, 1.807) is 7.11 Å². The third-order valence-electron chi connectivity index (χ3n) is 5.33. The molecule has 0 saturated carbocycles. The van der Waals surface area contributed by atoms with E-state index in [1.165, 1.54) is 48.1 Å². The van der Waals surface area contributed by atoms with Crippen molar-refractivity contribution in [2.45, 2.75) is 30.8 Å². The predicted molar refractivity (Wildman–Crippen MR) is 125 cm³/mol. The van der Waals surface area contributed by atoms with E-state index in [4.69, 9.17) is 14.6 Å². The summed E-state index contributed by atoms with van der Waals surface area (Å²) in [6.45, 7) is 1.47. The summed E-state index contributed by atoms with van der Waals surface area (Å²) in [4.78, 5) is 26.5. The van der Waals surface area contributed by atoms with E-state index in [0.29, 0.717) is 10.6 Å². The van der Waals surface area contributed by atoms with Gasteiger partial charge in [0.15, 0.2) is 6.10 Å². The lowest BCUT2D eigenvalue weighted by molar-refractivity contribution is -0.123. The summed E-state index contributed by atoms with van der Waals surface area (Å²) in [6.07, 6.45) is 0.614. The lowest BCUT2D eigenvalue weighted by Gasteiger charge is -2.16. The zero-order chi connectivity index (χ0) is 23.8. The molecule has 1 heterocycles. The molecule has 1 aromatic heterocycles. The van der Waals surface area contributed by atoms with Crippen LogP contribution < -0.4 is 15.2 Å². The first-order valence-corrected chi connectivity index (χ1v) is 12.5. The van der Waals surface area contributed by atoms with Crippen molar-refractivity contribution in [2.24, 2.45) is 5.14 Å². The van der Waals surface area contributed by atoms with Gasteiger partial charge in [-0.1, -0.05) is 0 Å². The number of esters is 1. The van der Waals surface area contributed by atoms with E-state index < -0.39 is 28.0 Å². The summed E-state index contributed by atoms with van der Waals surface area (Å²) in [5.74, 6) is -0.310. The Morgan fingerprint density at radius 1 is 1.06 bits per heavy atom. The molecule has 33 heavy (non-hydrogen) atoms. The number of hydrogen-bond donors (Lipinski definition) is 2. The second-order valence-corrected chi connectivity index (χ2v) is 10.2. The fourth-order valence-corrected chi connectivity index (χ4v) is 5.25. The highest BCUT2D eigenvalue weighted by Crippen LogP contribution is 2.41. The molecule has 4 rings (SSSR count). The van der Waals surface area contributed by atoms with Crippen LogP contribution in [0.5, 0.6) is 5.75 Å². The van der Waals surface area contributed by atoms with Gasteiger partial charge in [-0.15, -0.1) is 11.3 Å².